The number of allylic oxidation sites excluding steroid dienone is 6. The third-order valence-corrected chi connectivity index (χ3v) is 26.0. The molecule has 2 aliphatic heterocycles. The number of nitrogens with zero attached hydrogens (tertiary/aromatic N) is 4. The average molecular weight is 1470 g/mol. The van der Waals surface area contributed by atoms with Crippen molar-refractivity contribution in [3.8, 4) is 66.8 Å². The van der Waals surface area contributed by atoms with Crippen LogP contribution in [0.15, 0.2) is 180 Å². The Kier molecular flexibility index (Phi) is 22.4. The summed E-state index contributed by atoms with van der Waals surface area (Å²) in [5.74, 6) is 2.18. The first-order chi connectivity index (χ1) is 52.0. The lowest BCUT2D eigenvalue weighted by Gasteiger charge is -2.39. The second-order valence-corrected chi connectivity index (χ2v) is 32.4. The number of hydrogen-bond donors (Lipinski definition) is 0. The summed E-state index contributed by atoms with van der Waals surface area (Å²) in [6, 6.07) is 60.6. The summed E-state index contributed by atoms with van der Waals surface area (Å²) in [6.07, 6.45) is 28.2. The molecule has 0 radical (unpaired) electrons. The van der Waals surface area contributed by atoms with Gasteiger partial charge in [0.2, 0.25) is 0 Å². The molecule has 10 nitrogen and oxygen atoms in total. The summed E-state index contributed by atoms with van der Waals surface area (Å²) in [5.41, 5.74) is 7.70. The van der Waals surface area contributed by atoms with Gasteiger partial charge in [0.25, 0.3) is 0 Å². The van der Waals surface area contributed by atoms with Crippen molar-refractivity contribution in [3.63, 3.8) is 0 Å². The van der Waals surface area contributed by atoms with Gasteiger partial charge in [0.05, 0.1) is 42.1 Å². The largest absolute Gasteiger partial charge is 0.494 e. The van der Waals surface area contributed by atoms with Crippen LogP contribution in [0.25, 0.3) is 52.2 Å². The van der Waals surface area contributed by atoms with Gasteiger partial charge in [-0.3, -0.25) is 9.59 Å². The molecule has 14 rings (SSSR count). The van der Waals surface area contributed by atoms with E-state index in [-0.39, 0.29) is 33.9 Å². The Morgan fingerprint density at radius 2 is 0.708 bits per heavy atom. The Hall–Kier alpha value is -10.2. The van der Waals surface area contributed by atoms with Crippen LogP contribution in [0.3, 0.4) is 0 Å². The van der Waals surface area contributed by atoms with Gasteiger partial charge >= 0.3 is 0 Å². The first-order valence-electron chi connectivity index (χ1n) is 37.7. The van der Waals surface area contributed by atoms with Crippen LogP contribution in [0.2, 0.25) is 0 Å². The maximum atomic E-state index is 14.7. The first-order valence-corrected chi connectivity index (χ1v) is 40.9. The molecule has 106 heavy (non-hydrogen) atoms. The molecule has 0 spiro atoms. The summed E-state index contributed by atoms with van der Waals surface area (Å²) >= 11 is 6.37. The zero-order valence-electron chi connectivity index (χ0n) is 60.6. The van der Waals surface area contributed by atoms with Gasteiger partial charge in [0.1, 0.15) is 58.4 Å². The second-order valence-electron chi connectivity index (χ2n) is 28.2. The van der Waals surface area contributed by atoms with E-state index in [1.54, 1.807) is 59.1 Å². The van der Waals surface area contributed by atoms with Crippen LogP contribution in [0.5, 0.6) is 23.0 Å². The normalized spacial score (nSPS) is 16.6. The van der Waals surface area contributed by atoms with Gasteiger partial charge in [-0.15, -0.1) is 45.3 Å². The third-order valence-electron chi connectivity index (χ3n) is 21.0. The van der Waals surface area contributed by atoms with Crippen molar-refractivity contribution in [3.05, 3.63) is 257 Å². The summed E-state index contributed by atoms with van der Waals surface area (Å²) in [6.45, 7) is 9.89. The third kappa shape index (κ3) is 14.1. The molecule has 4 aliphatic rings. The maximum absolute atomic E-state index is 14.7. The minimum Gasteiger partial charge on any atom is -0.494 e. The molecule has 14 heteroatoms. The summed E-state index contributed by atoms with van der Waals surface area (Å²) in [7, 11) is 0. The molecule has 2 aliphatic carbocycles. The monoisotopic (exact) mass is 1470 g/mol. The van der Waals surface area contributed by atoms with Crippen molar-refractivity contribution in [2.45, 2.75) is 167 Å². The Bertz CT molecular complexity index is 4920. The molecular weight excluding hydrogens is 1390 g/mol. The molecular formula is C92H84N4O6S4. The lowest BCUT2D eigenvalue weighted by molar-refractivity contribution is 0.103. The number of Topliss-reactive ketones (excluding diaryl/α,β-unsaturated/α-hetero) is 2. The van der Waals surface area contributed by atoms with Crippen molar-refractivity contribution in [1.82, 2.24) is 0 Å². The number of thiophene rings is 4. The standard InChI is InChI=1S/C92H84N4O6S4/c1-5-7-9-11-13-15-17-19-21-27-49-99-67-45-41-65(42-46-67)91(63-37-33-59(3)34-38-63)81-87(85-77(101-91)53-69(103-85)51-75-79(61(55-93)56-94)71-29-23-25-31-73(71)83(75)97)105-90-82-88(106-89(81)90)86-78(54-70(104-86)52-76-80(62(57-95)58-96)72-30-24-26-32-74(72)84(76)98)102-92(82,64-39-35-60(4)36-40-64)66-43-47-68(48-44-66)100-50-28-22-20-18-16-14-12-10-8-6-2/h23-26,29-48,51-54H,5-22,27-28,49-50H2,1-4H3/b75-51-,76-52-. The molecule has 0 bridgehead atoms. The van der Waals surface area contributed by atoms with Crippen molar-refractivity contribution in [2.75, 3.05) is 13.2 Å². The molecule has 0 fully saturated rings. The van der Waals surface area contributed by atoms with Gasteiger partial charge in [-0.25, -0.2) is 0 Å². The average Bonchev–Trinajstić information content (AvgIpc) is 1.50. The second kappa shape index (κ2) is 32.7. The van der Waals surface area contributed by atoms with E-state index in [4.69, 9.17) is 18.9 Å². The van der Waals surface area contributed by atoms with E-state index in [1.807, 2.05) is 36.4 Å². The van der Waals surface area contributed by atoms with Gasteiger partial charge in [-0.1, -0.05) is 262 Å². The highest BCUT2D eigenvalue weighted by Gasteiger charge is 2.53. The Morgan fingerprint density at radius 3 is 1.04 bits per heavy atom. The number of benzene rings is 6. The Labute approximate surface area is 638 Å². The van der Waals surface area contributed by atoms with Crippen molar-refractivity contribution in [2.24, 2.45) is 0 Å². The molecule has 0 N–H and O–H groups in total. The molecule has 2 unspecified atom stereocenters. The van der Waals surface area contributed by atoms with Crippen molar-refractivity contribution >= 4 is 89.6 Å². The highest BCUT2D eigenvalue weighted by Crippen LogP contribution is 2.67. The molecule has 6 heterocycles. The summed E-state index contributed by atoms with van der Waals surface area (Å²) in [5, 5.41) is 41.7. The van der Waals surface area contributed by atoms with E-state index in [9.17, 15) is 30.6 Å². The van der Waals surface area contributed by atoms with E-state index in [2.05, 4.69) is 149 Å². The first kappa shape index (κ1) is 72.8. The van der Waals surface area contributed by atoms with E-state index in [0.29, 0.717) is 67.9 Å². The molecule has 532 valence electrons. The topological polar surface area (TPSA) is 166 Å². The number of unbranched alkanes of at least 4 members (excludes halogenated alkanes) is 18. The molecule has 6 aromatic carbocycles. The number of ketones is 2. The quantitative estimate of drug-likeness (QED) is 0.0240. The Balaban J connectivity index is 0.950. The zero-order chi connectivity index (χ0) is 73.3. The lowest BCUT2D eigenvalue weighted by atomic mass is 9.76. The van der Waals surface area contributed by atoms with Crippen LogP contribution in [0.1, 0.15) is 228 Å². The van der Waals surface area contributed by atoms with Gasteiger partial charge in [-0.2, -0.15) is 21.0 Å². The lowest BCUT2D eigenvalue weighted by Crippen LogP contribution is -2.38. The fourth-order valence-corrected chi connectivity index (χ4v) is 21.0. The minimum absolute atomic E-state index is 0.142. The number of fused-ring (bicyclic) bond motifs is 11. The number of carbonyl (C=O) groups is 2. The van der Waals surface area contributed by atoms with Gasteiger partial charge in [-0.05, 0) is 86.4 Å². The zero-order valence-corrected chi connectivity index (χ0v) is 63.9. The number of carbonyl (C=O) groups excluding carboxylic acids is 2. The number of aryl methyl sites for hydroxylation is 2. The minimum atomic E-state index is -1.32. The summed E-state index contributed by atoms with van der Waals surface area (Å²) in [4.78, 5) is 34.4. The fourth-order valence-electron chi connectivity index (χ4n) is 15.6. The SMILES string of the molecule is CCCCCCCCCCCCOc1ccc(C2(c3ccc(C)cc3)Oc3cc(/C=C4\C(=O)c5ccccc5C4=C(C#N)C#N)sc3-c3sc4c5c(sc4c32)-c2sc(/C=C3\C(=O)c4ccccc4C3=C(C#N)C#N)cc2OC5(c2ccc(C)cc2)c2ccc(OCCCCCCCCCCCC)cc2)cc1. The fraction of sp³-hybridized carbons (Fsp3) is 0.304. The van der Waals surface area contributed by atoms with Crippen molar-refractivity contribution < 1.29 is 28.5 Å². The van der Waals surface area contributed by atoms with E-state index in [1.165, 1.54) is 125 Å². The highest BCUT2D eigenvalue weighted by molar-refractivity contribution is 7.34. The van der Waals surface area contributed by atoms with Gasteiger partial charge in [0, 0.05) is 76.6 Å². The number of rotatable bonds is 30. The molecule has 2 atom stereocenters. The van der Waals surface area contributed by atoms with Gasteiger partial charge in [0.15, 0.2) is 22.8 Å². The molecule has 0 saturated carbocycles. The molecule has 10 aromatic rings. The number of ether oxygens (including phenoxy) is 4. The molecule has 4 aromatic heterocycles. The van der Waals surface area contributed by atoms with E-state index >= 15 is 0 Å². The predicted molar refractivity (Wildman–Crippen MR) is 431 cm³/mol. The number of nitriles is 4. The van der Waals surface area contributed by atoms with Crippen LogP contribution in [-0.4, -0.2) is 24.8 Å². The van der Waals surface area contributed by atoms with E-state index in [0.717, 1.165) is 111 Å². The van der Waals surface area contributed by atoms with E-state index < -0.39 is 11.2 Å². The maximum Gasteiger partial charge on any atom is 0.194 e. The molecule has 0 saturated heterocycles. The van der Waals surface area contributed by atoms with Crippen molar-refractivity contribution in [1.29, 1.82) is 21.0 Å². The smallest absolute Gasteiger partial charge is 0.194 e. The predicted octanol–water partition coefficient (Wildman–Crippen LogP) is 25.2. The summed E-state index contributed by atoms with van der Waals surface area (Å²) < 4.78 is 31.1. The Morgan fingerprint density at radius 1 is 0.396 bits per heavy atom. The molecule has 0 amide bonds. The van der Waals surface area contributed by atoms with Crippen LogP contribution in [0.4, 0.5) is 0 Å². The van der Waals surface area contributed by atoms with Crippen LogP contribution < -0.4 is 18.9 Å². The van der Waals surface area contributed by atoms with Crippen LogP contribution in [-0.2, 0) is 11.2 Å². The van der Waals surface area contributed by atoms with Crippen LogP contribution >= 0.6 is 45.3 Å². The number of hydrogen-bond acceptors (Lipinski definition) is 14. The van der Waals surface area contributed by atoms with Crippen LogP contribution in [0, 0.1) is 59.2 Å². The highest BCUT2D eigenvalue weighted by atomic mass is 32.1. The van der Waals surface area contributed by atoms with Gasteiger partial charge < -0.3 is 18.9 Å².